The molecule has 158 valence electrons. The Morgan fingerprint density at radius 3 is 1.97 bits per heavy atom. The maximum atomic E-state index is 13.4. The van der Waals surface area contributed by atoms with Crippen LogP contribution in [0.4, 0.5) is 0 Å². The minimum Gasteiger partial charge on any atom is -0.502 e. The van der Waals surface area contributed by atoms with Crippen LogP contribution in [0, 0.1) is 0 Å². The number of benzene rings is 3. The molecule has 1 aliphatic rings. The third-order valence-electron chi connectivity index (χ3n) is 5.05. The summed E-state index contributed by atoms with van der Waals surface area (Å²) in [5.41, 5.74) is 1.26. The van der Waals surface area contributed by atoms with Crippen LogP contribution in [0.25, 0.3) is 0 Å². The molecule has 1 heterocycles. The largest absolute Gasteiger partial charge is 0.502 e. The number of halogens is 2. The van der Waals surface area contributed by atoms with Crippen LogP contribution < -0.4 is 0 Å². The lowest BCUT2D eigenvalue weighted by Gasteiger charge is -2.27. The van der Waals surface area contributed by atoms with E-state index in [1.807, 2.05) is 0 Å². The number of hydrogen-bond acceptors (Lipinski definition) is 4. The molecule has 0 radical (unpaired) electrons. The molecule has 31 heavy (non-hydrogen) atoms. The van der Waals surface area contributed by atoms with Crippen LogP contribution in [-0.2, 0) is 21.2 Å². The van der Waals surface area contributed by atoms with Gasteiger partial charge < -0.3 is 10.0 Å². The monoisotopic (exact) mass is 473 g/mol. The number of amides is 1. The van der Waals surface area contributed by atoms with E-state index < -0.39 is 27.5 Å². The van der Waals surface area contributed by atoms with Crippen molar-refractivity contribution in [3.05, 3.63) is 111 Å². The third-order valence-corrected chi connectivity index (χ3v) is 7.44. The summed E-state index contributed by atoms with van der Waals surface area (Å²) in [7, 11) is -4.15. The van der Waals surface area contributed by atoms with Crippen molar-refractivity contribution in [2.45, 2.75) is 17.5 Å². The zero-order valence-electron chi connectivity index (χ0n) is 16.1. The molecule has 3 aromatic rings. The van der Waals surface area contributed by atoms with E-state index in [-0.39, 0.29) is 16.3 Å². The van der Waals surface area contributed by atoms with Crippen LogP contribution in [0.1, 0.15) is 17.2 Å². The third kappa shape index (κ3) is 4.06. The van der Waals surface area contributed by atoms with Gasteiger partial charge in [-0.25, -0.2) is 8.42 Å². The Bertz CT molecular complexity index is 1260. The highest BCUT2D eigenvalue weighted by Gasteiger charge is 2.46. The second-order valence-electron chi connectivity index (χ2n) is 7.04. The Morgan fingerprint density at radius 1 is 0.839 bits per heavy atom. The van der Waals surface area contributed by atoms with Gasteiger partial charge in [0.2, 0.25) is 9.84 Å². The summed E-state index contributed by atoms with van der Waals surface area (Å²) >= 11 is 12.0. The van der Waals surface area contributed by atoms with E-state index in [1.165, 1.54) is 17.0 Å². The van der Waals surface area contributed by atoms with Crippen LogP contribution in [0.15, 0.2) is 94.4 Å². The molecule has 0 aliphatic carbocycles. The van der Waals surface area contributed by atoms with Crippen LogP contribution in [0.2, 0.25) is 10.0 Å². The highest BCUT2D eigenvalue weighted by atomic mass is 35.5. The van der Waals surface area contributed by atoms with Gasteiger partial charge in [-0.05, 0) is 47.5 Å². The predicted octanol–water partition coefficient (Wildman–Crippen LogP) is 5.32. The maximum Gasteiger partial charge on any atom is 0.290 e. The SMILES string of the molecule is O=C1C(O)=C(S(=O)(=O)c2ccccc2)[C@H](c2ccc(Cl)cc2)N1Cc1ccc(Cl)cc1. The molecule has 1 atom stereocenters. The van der Waals surface area contributed by atoms with E-state index in [9.17, 15) is 18.3 Å². The Kier molecular flexibility index (Phi) is 5.79. The topological polar surface area (TPSA) is 74.7 Å². The molecule has 0 unspecified atom stereocenters. The van der Waals surface area contributed by atoms with Crippen molar-refractivity contribution in [2.75, 3.05) is 0 Å². The summed E-state index contributed by atoms with van der Waals surface area (Å²) < 4.78 is 26.9. The molecule has 1 aliphatic heterocycles. The summed E-state index contributed by atoms with van der Waals surface area (Å²) in [6, 6.07) is 20.1. The van der Waals surface area contributed by atoms with Crippen LogP contribution in [0.3, 0.4) is 0 Å². The van der Waals surface area contributed by atoms with E-state index >= 15 is 0 Å². The minimum atomic E-state index is -4.15. The normalized spacial score (nSPS) is 16.8. The van der Waals surface area contributed by atoms with Crippen molar-refractivity contribution in [1.82, 2.24) is 4.90 Å². The van der Waals surface area contributed by atoms with Crippen molar-refractivity contribution >= 4 is 38.9 Å². The Labute approximate surface area is 190 Å². The van der Waals surface area contributed by atoms with E-state index in [1.54, 1.807) is 66.7 Å². The molecule has 5 nitrogen and oxygen atoms in total. The zero-order chi connectivity index (χ0) is 22.2. The first-order valence-electron chi connectivity index (χ1n) is 9.33. The number of carbonyl (C=O) groups excluding carboxylic acids is 1. The van der Waals surface area contributed by atoms with Gasteiger partial charge in [-0.2, -0.15) is 0 Å². The lowest BCUT2D eigenvalue weighted by atomic mass is 10.1. The summed E-state index contributed by atoms with van der Waals surface area (Å²) in [5.74, 6) is -1.54. The minimum absolute atomic E-state index is 0.00310. The molecule has 0 spiro atoms. The van der Waals surface area contributed by atoms with Crippen molar-refractivity contribution in [1.29, 1.82) is 0 Å². The van der Waals surface area contributed by atoms with Crippen molar-refractivity contribution in [2.24, 2.45) is 0 Å². The maximum absolute atomic E-state index is 13.4. The Hall–Kier alpha value is -2.80. The molecule has 0 saturated heterocycles. The van der Waals surface area contributed by atoms with Gasteiger partial charge >= 0.3 is 0 Å². The molecular weight excluding hydrogens is 457 g/mol. The van der Waals surface area contributed by atoms with Crippen LogP contribution in [-0.4, -0.2) is 24.3 Å². The van der Waals surface area contributed by atoms with Gasteiger partial charge in [-0.15, -0.1) is 0 Å². The average Bonchev–Trinajstić information content (AvgIpc) is 3.02. The highest BCUT2D eigenvalue weighted by Crippen LogP contribution is 2.43. The highest BCUT2D eigenvalue weighted by molar-refractivity contribution is 7.95. The smallest absolute Gasteiger partial charge is 0.290 e. The molecule has 1 amide bonds. The second kappa shape index (κ2) is 8.38. The number of sulfone groups is 1. The van der Waals surface area contributed by atoms with Gasteiger partial charge in [0.15, 0.2) is 5.76 Å². The van der Waals surface area contributed by atoms with Crippen LogP contribution in [0.5, 0.6) is 0 Å². The predicted molar refractivity (Wildman–Crippen MR) is 119 cm³/mol. The molecular formula is C23H17Cl2NO4S. The summed E-state index contributed by atoms with van der Waals surface area (Å²) in [6.07, 6.45) is 0. The summed E-state index contributed by atoms with van der Waals surface area (Å²) in [4.78, 5) is 14.0. The fraction of sp³-hybridized carbons (Fsp3) is 0.0870. The van der Waals surface area contributed by atoms with E-state index in [2.05, 4.69) is 0 Å². The van der Waals surface area contributed by atoms with E-state index in [0.717, 1.165) is 5.56 Å². The van der Waals surface area contributed by atoms with Gasteiger partial charge in [0.25, 0.3) is 5.91 Å². The molecule has 0 fully saturated rings. The van der Waals surface area contributed by atoms with Gasteiger partial charge in [-0.1, -0.05) is 65.7 Å². The fourth-order valence-corrected chi connectivity index (χ4v) is 5.48. The number of aliphatic hydroxyl groups is 1. The molecule has 3 aromatic carbocycles. The lowest BCUT2D eigenvalue weighted by molar-refractivity contribution is -0.130. The first kappa shape index (κ1) is 21.4. The number of carbonyl (C=O) groups is 1. The molecule has 0 aromatic heterocycles. The van der Waals surface area contributed by atoms with Crippen molar-refractivity contribution in [3.63, 3.8) is 0 Å². The van der Waals surface area contributed by atoms with E-state index in [4.69, 9.17) is 23.2 Å². The molecule has 4 rings (SSSR count). The van der Waals surface area contributed by atoms with Gasteiger partial charge in [0.1, 0.15) is 4.91 Å². The van der Waals surface area contributed by atoms with E-state index in [0.29, 0.717) is 15.6 Å². The number of nitrogens with zero attached hydrogens (tertiary/aromatic N) is 1. The fourth-order valence-electron chi connectivity index (χ4n) is 3.56. The molecule has 1 N–H and O–H groups in total. The van der Waals surface area contributed by atoms with Gasteiger partial charge in [0, 0.05) is 16.6 Å². The van der Waals surface area contributed by atoms with Gasteiger partial charge in [0.05, 0.1) is 10.9 Å². The van der Waals surface area contributed by atoms with Crippen molar-refractivity contribution < 1.29 is 18.3 Å². The standard InChI is InChI=1S/C23H17Cl2NO4S/c24-17-10-6-15(7-11-17)14-26-20(16-8-12-18(25)13-9-16)22(21(27)23(26)28)31(29,30)19-4-2-1-3-5-19/h1-13,20,27H,14H2/t20-/m0/s1. The quantitative estimate of drug-likeness (QED) is 0.543. The number of rotatable bonds is 5. The first-order valence-corrected chi connectivity index (χ1v) is 11.6. The first-order chi connectivity index (χ1) is 14.8. The van der Waals surface area contributed by atoms with Crippen LogP contribution >= 0.6 is 23.2 Å². The number of hydrogen-bond donors (Lipinski definition) is 1. The van der Waals surface area contributed by atoms with Gasteiger partial charge in [-0.3, -0.25) is 4.79 Å². The molecule has 8 heteroatoms. The van der Waals surface area contributed by atoms with Crippen molar-refractivity contribution in [3.8, 4) is 0 Å². The lowest BCUT2D eigenvalue weighted by Crippen LogP contribution is -2.30. The zero-order valence-corrected chi connectivity index (χ0v) is 18.4. The second-order valence-corrected chi connectivity index (χ2v) is 9.83. The summed E-state index contributed by atoms with van der Waals surface area (Å²) in [6.45, 7) is 0.0845. The number of aliphatic hydroxyl groups excluding tert-OH is 1. The Morgan fingerprint density at radius 2 is 1.39 bits per heavy atom. The molecule has 0 saturated carbocycles. The average molecular weight is 474 g/mol. The summed E-state index contributed by atoms with van der Waals surface area (Å²) in [5, 5.41) is 11.7. The molecule has 0 bridgehead atoms. The Balaban J connectivity index is 1.85.